The zero-order valence-corrected chi connectivity index (χ0v) is 12.1. The van der Waals surface area contributed by atoms with Gasteiger partial charge in [-0.15, -0.1) is 0 Å². The van der Waals surface area contributed by atoms with Crippen molar-refractivity contribution in [2.24, 2.45) is 29.4 Å². The monoisotopic (exact) mass is 270 g/mol. The number of rotatable bonds is 7. The van der Waals surface area contributed by atoms with Gasteiger partial charge in [-0.25, -0.2) is 0 Å². The molecule has 5 heteroatoms. The van der Waals surface area contributed by atoms with Crippen molar-refractivity contribution in [3.63, 3.8) is 0 Å². The van der Waals surface area contributed by atoms with Gasteiger partial charge in [0.2, 0.25) is 5.91 Å². The molecule has 3 N–H and O–H groups in total. The van der Waals surface area contributed by atoms with E-state index in [0.717, 1.165) is 6.42 Å². The van der Waals surface area contributed by atoms with Crippen molar-refractivity contribution in [3.8, 4) is 0 Å². The molecule has 1 aliphatic heterocycles. The van der Waals surface area contributed by atoms with Gasteiger partial charge in [-0.05, 0) is 24.8 Å². The van der Waals surface area contributed by atoms with Crippen molar-refractivity contribution in [1.82, 2.24) is 4.90 Å². The average molecular weight is 270 g/mol. The molecule has 1 saturated heterocycles. The Morgan fingerprint density at radius 3 is 2.32 bits per heavy atom. The lowest BCUT2D eigenvalue weighted by molar-refractivity contribution is -0.150. The number of carboxylic acid groups (broad SMARTS) is 1. The molecule has 2 atom stereocenters. The van der Waals surface area contributed by atoms with E-state index in [1.165, 1.54) is 0 Å². The standard InChI is InChI=1S/C14H26N2O3/c1-9(2)4-11(6-15)5-13(17)16-7-12(8-16)10(3)14(18)19/h9-12H,4-8,15H2,1-3H3,(H,18,19)/t10?,11-/m0/s1. The molecule has 1 unspecified atom stereocenters. The Bertz CT molecular complexity index is 325. The number of carbonyl (C=O) groups is 2. The van der Waals surface area contributed by atoms with Gasteiger partial charge >= 0.3 is 5.97 Å². The molecule has 0 saturated carbocycles. The van der Waals surface area contributed by atoms with E-state index < -0.39 is 5.97 Å². The van der Waals surface area contributed by atoms with Crippen molar-refractivity contribution in [1.29, 1.82) is 0 Å². The van der Waals surface area contributed by atoms with Crippen LogP contribution in [0, 0.1) is 23.7 Å². The van der Waals surface area contributed by atoms with Gasteiger partial charge in [0.05, 0.1) is 5.92 Å². The average Bonchev–Trinajstić information content (AvgIpc) is 2.24. The largest absolute Gasteiger partial charge is 0.481 e. The van der Waals surface area contributed by atoms with E-state index in [1.54, 1.807) is 11.8 Å². The zero-order valence-electron chi connectivity index (χ0n) is 12.1. The molecular formula is C14H26N2O3. The number of aliphatic carboxylic acids is 1. The van der Waals surface area contributed by atoms with Crippen LogP contribution < -0.4 is 5.73 Å². The Labute approximate surface area is 115 Å². The third kappa shape index (κ3) is 4.49. The maximum Gasteiger partial charge on any atom is 0.306 e. The van der Waals surface area contributed by atoms with Gasteiger partial charge in [0, 0.05) is 25.4 Å². The van der Waals surface area contributed by atoms with Crippen LogP contribution in [-0.2, 0) is 9.59 Å². The first kappa shape index (κ1) is 16.0. The number of nitrogens with two attached hydrogens (primary N) is 1. The van der Waals surface area contributed by atoms with E-state index >= 15 is 0 Å². The predicted octanol–water partition coefficient (Wildman–Crippen LogP) is 1.18. The molecule has 110 valence electrons. The van der Waals surface area contributed by atoms with E-state index in [0.29, 0.717) is 32.0 Å². The van der Waals surface area contributed by atoms with E-state index in [4.69, 9.17) is 10.8 Å². The van der Waals surface area contributed by atoms with Crippen LogP contribution in [0.25, 0.3) is 0 Å². The zero-order chi connectivity index (χ0) is 14.6. The molecule has 0 radical (unpaired) electrons. The quantitative estimate of drug-likeness (QED) is 0.727. The number of amides is 1. The van der Waals surface area contributed by atoms with Gasteiger partial charge in [-0.3, -0.25) is 9.59 Å². The summed E-state index contributed by atoms with van der Waals surface area (Å²) in [6, 6.07) is 0. The fraction of sp³-hybridized carbons (Fsp3) is 0.857. The van der Waals surface area contributed by atoms with Crippen molar-refractivity contribution in [3.05, 3.63) is 0 Å². The minimum atomic E-state index is -0.781. The summed E-state index contributed by atoms with van der Waals surface area (Å²) in [5, 5.41) is 8.90. The molecule has 0 aromatic rings. The van der Waals surface area contributed by atoms with E-state index in [9.17, 15) is 9.59 Å². The Hall–Kier alpha value is -1.10. The van der Waals surface area contributed by atoms with Crippen LogP contribution in [0.1, 0.15) is 33.6 Å². The summed E-state index contributed by atoms with van der Waals surface area (Å²) in [7, 11) is 0. The molecule has 1 rings (SSSR count). The van der Waals surface area contributed by atoms with Crippen LogP contribution in [0.5, 0.6) is 0 Å². The lowest BCUT2D eigenvalue weighted by Crippen LogP contribution is -2.53. The highest BCUT2D eigenvalue weighted by Crippen LogP contribution is 2.26. The molecule has 0 aromatic heterocycles. The predicted molar refractivity (Wildman–Crippen MR) is 73.5 cm³/mol. The van der Waals surface area contributed by atoms with Crippen molar-refractivity contribution < 1.29 is 14.7 Å². The third-order valence-electron chi connectivity index (χ3n) is 3.96. The Kier molecular flexibility index (Phi) is 5.79. The van der Waals surface area contributed by atoms with Gasteiger partial charge in [0.25, 0.3) is 0 Å². The van der Waals surface area contributed by atoms with Crippen molar-refractivity contribution in [2.75, 3.05) is 19.6 Å². The molecule has 1 fully saturated rings. The second-order valence-corrected chi connectivity index (χ2v) is 6.12. The van der Waals surface area contributed by atoms with Gasteiger partial charge in [-0.1, -0.05) is 20.8 Å². The van der Waals surface area contributed by atoms with E-state index in [1.807, 2.05) is 0 Å². The second-order valence-electron chi connectivity index (χ2n) is 6.12. The molecule has 0 bridgehead atoms. The molecule has 1 aliphatic rings. The molecule has 0 aromatic carbocycles. The van der Waals surface area contributed by atoms with Crippen LogP contribution in [0.4, 0.5) is 0 Å². The molecule has 1 amide bonds. The highest BCUT2D eigenvalue weighted by molar-refractivity contribution is 5.78. The smallest absolute Gasteiger partial charge is 0.306 e. The fourth-order valence-electron chi connectivity index (χ4n) is 2.54. The lowest BCUT2D eigenvalue weighted by atomic mass is 9.86. The highest BCUT2D eigenvalue weighted by Gasteiger charge is 2.37. The van der Waals surface area contributed by atoms with Crippen LogP contribution in [0.3, 0.4) is 0 Å². The molecule has 19 heavy (non-hydrogen) atoms. The maximum atomic E-state index is 12.0. The maximum absolute atomic E-state index is 12.0. The number of hydrogen-bond acceptors (Lipinski definition) is 3. The summed E-state index contributed by atoms with van der Waals surface area (Å²) in [5.41, 5.74) is 5.70. The number of likely N-dealkylation sites (tertiary alicyclic amines) is 1. The number of nitrogens with zero attached hydrogens (tertiary/aromatic N) is 1. The van der Waals surface area contributed by atoms with Gasteiger partial charge in [0.1, 0.15) is 0 Å². The van der Waals surface area contributed by atoms with Gasteiger partial charge < -0.3 is 15.7 Å². The summed E-state index contributed by atoms with van der Waals surface area (Å²) < 4.78 is 0. The van der Waals surface area contributed by atoms with Crippen LogP contribution >= 0.6 is 0 Å². The van der Waals surface area contributed by atoms with E-state index in [2.05, 4.69) is 13.8 Å². The minimum absolute atomic E-state index is 0.0999. The summed E-state index contributed by atoms with van der Waals surface area (Å²) in [6.07, 6.45) is 1.45. The number of carboxylic acids is 1. The van der Waals surface area contributed by atoms with Crippen LogP contribution in [0.15, 0.2) is 0 Å². The highest BCUT2D eigenvalue weighted by atomic mass is 16.4. The summed E-state index contributed by atoms with van der Waals surface area (Å²) in [4.78, 5) is 24.6. The molecule has 0 aliphatic carbocycles. The Balaban J connectivity index is 2.35. The van der Waals surface area contributed by atoms with Crippen LogP contribution in [0.2, 0.25) is 0 Å². The molecular weight excluding hydrogens is 244 g/mol. The van der Waals surface area contributed by atoms with Gasteiger partial charge in [0.15, 0.2) is 0 Å². The summed E-state index contributed by atoms with van der Waals surface area (Å²) >= 11 is 0. The molecule has 5 nitrogen and oxygen atoms in total. The topological polar surface area (TPSA) is 83.6 Å². The summed E-state index contributed by atoms with van der Waals surface area (Å²) in [5.74, 6) is -0.157. The molecule has 1 heterocycles. The Morgan fingerprint density at radius 1 is 1.32 bits per heavy atom. The van der Waals surface area contributed by atoms with E-state index in [-0.39, 0.29) is 23.7 Å². The first-order chi connectivity index (χ1) is 8.85. The SMILES string of the molecule is CC(C)C[C@H](CN)CC(=O)N1CC(C(C)C(=O)O)C1. The summed E-state index contributed by atoms with van der Waals surface area (Å²) in [6.45, 7) is 7.64. The second kappa shape index (κ2) is 6.89. The van der Waals surface area contributed by atoms with Gasteiger partial charge in [-0.2, -0.15) is 0 Å². The fourth-order valence-corrected chi connectivity index (χ4v) is 2.54. The number of carbonyl (C=O) groups excluding carboxylic acids is 1. The van der Waals surface area contributed by atoms with Crippen molar-refractivity contribution in [2.45, 2.75) is 33.6 Å². The molecule has 0 spiro atoms. The minimum Gasteiger partial charge on any atom is -0.481 e. The lowest BCUT2D eigenvalue weighted by Gasteiger charge is -2.41. The first-order valence-corrected chi connectivity index (χ1v) is 7.05. The third-order valence-corrected chi connectivity index (χ3v) is 3.96. The normalized spacial score (nSPS) is 19.1. The Morgan fingerprint density at radius 2 is 1.89 bits per heavy atom. The first-order valence-electron chi connectivity index (χ1n) is 7.05. The number of hydrogen-bond donors (Lipinski definition) is 2. The van der Waals surface area contributed by atoms with Crippen LogP contribution in [-0.4, -0.2) is 41.5 Å². The van der Waals surface area contributed by atoms with Crippen molar-refractivity contribution >= 4 is 11.9 Å².